The second-order valence-electron chi connectivity index (χ2n) is 6.82. The van der Waals surface area contributed by atoms with E-state index in [9.17, 15) is 4.21 Å². The van der Waals surface area contributed by atoms with Crippen molar-refractivity contribution in [1.82, 2.24) is 4.72 Å². The molecule has 1 rings (SSSR count). The summed E-state index contributed by atoms with van der Waals surface area (Å²) in [4.78, 5) is 0. The largest absolute Gasteiger partial charge is 0.468 e. The molecule has 0 bridgehead atoms. The third-order valence-electron chi connectivity index (χ3n) is 2.46. The van der Waals surface area contributed by atoms with Crippen molar-refractivity contribution in [3.05, 3.63) is 24.2 Å². The second kappa shape index (κ2) is 6.75. The summed E-state index contributed by atoms with van der Waals surface area (Å²) in [5.74, 6) is 4.01. The Kier molecular flexibility index (Phi) is 5.81. The molecule has 1 aromatic rings. The molecule has 0 amide bonds. The van der Waals surface area contributed by atoms with Crippen molar-refractivity contribution in [1.29, 1.82) is 0 Å². The number of hydrogen-bond donors (Lipinski definition) is 1. The zero-order valence-electron chi connectivity index (χ0n) is 13.2. The van der Waals surface area contributed by atoms with E-state index in [0.29, 0.717) is 6.42 Å². The van der Waals surface area contributed by atoms with E-state index < -0.39 is 19.1 Å². The van der Waals surface area contributed by atoms with Crippen LogP contribution in [0.3, 0.4) is 0 Å². The van der Waals surface area contributed by atoms with Crippen LogP contribution in [-0.2, 0) is 11.0 Å². The van der Waals surface area contributed by atoms with Crippen molar-refractivity contribution in [2.45, 2.75) is 57.6 Å². The average molecular weight is 312 g/mol. The minimum atomic E-state index is -1.38. The molecule has 1 heterocycles. The van der Waals surface area contributed by atoms with Gasteiger partial charge in [0.1, 0.15) is 13.8 Å². The van der Waals surface area contributed by atoms with Gasteiger partial charge in [-0.15, -0.1) is 11.5 Å². The lowest BCUT2D eigenvalue weighted by Gasteiger charge is -2.22. The summed E-state index contributed by atoms with van der Waals surface area (Å²) in [6.07, 6.45) is 2.25. The smallest absolute Gasteiger partial charge is 0.129 e. The van der Waals surface area contributed by atoms with Gasteiger partial charge in [0.2, 0.25) is 0 Å². The molecule has 3 nitrogen and oxygen atoms in total. The first-order valence-electron chi connectivity index (χ1n) is 6.81. The van der Waals surface area contributed by atoms with Gasteiger partial charge in [0.15, 0.2) is 0 Å². The van der Waals surface area contributed by atoms with Gasteiger partial charge in [-0.05, 0) is 32.9 Å². The molecule has 0 radical (unpaired) electrons. The van der Waals surface area contributed by atoms with Crippen LogP contribution < -0.4 is 4.72 Å². The van der Waals surface area contributed by atoms with Crippen LogP contribution in [-0.4, -0.2) is 17.0 Å². The lowest BCUT2D eigenvalue weighted by molar-refractivity contribution is 0.452. The van der Waals surface area contributed by atoms with Gasteiger partial charge in [0.05, 0.1) is 28.0 Å². The summed E-state index contributed by atoms with van der Waals surface area (Å²) in [6.45, 7) is 12.5. The number of rotatable bonds is 4. The highest BCUT2D eigenvalue weighted by Gasteiger charge is 2.24. The van der Waals surface area contributed by atoms with Crippen LogP contribution in [0.15, 0.2) is 22.8 Å². The maximum absolute atomic E-state index is 12.2. The van der Waals surface area contributed by atoms with Crippen molar-refractivity contribution in [2.24, 2.45) is 0 Å². The van der Waals surface area contributed by atoms with E-state index in [4.69, 9.17) is 4.42 Å². The van der Waals surface area contributed by atoms with Gasteiger partial charge < -0.3 is 4.42 Å². The van der Waals surface area contributed by atoms with Crippen LogP contribution in [0.4, 0.5) is 0 Å². The molecule has 0 aliphatic rings. The zero-order chi connectivity index (χ0) is 15.4. The molecule has 0 aromatic carbocycles. The summed E-state index contributed by atoms with van der Waals surface area (Å²) in [5, 5.41) is 0. The van der Waals surface area contributed by atoms with E-state index in [2.05, 4.69) is 35.8 Å². The molecule has 20 heavy (non-hydrogen) atoms. The summed E-state index contributed by atoms with van der Waals surface area (Å²) in [7, 11) is -2.52. The first kappa shape index (κ1) is 17.2. The Bertz CT molecular complexity index is 501. The molecule has 1 aromatic heterocycles. The molecule has 0 fully saturated rings. The first-order chi connectivity index (χ1) is 9.09. The van der Waals surface area contributed by atoms with Gasteiger partial charge in [-0.2, -0.15) is 0 Å². The summed E-state index contributed by atoms with van der Waals surface area (Å²) >= 11 is 0. The fraction of sp³-hybridized carbons (Fsp3) is 0.600. The topological polar surface area (TPSA) is 42.2 Å². The predicted molar refractivity (Wildman–Crippen MR) is 88.2 cm³/mol. The molecule has 1 unspecified atom stereocenters. The molecule has 1 N–H and O–H groups in total. The fourth-order valence-electron chi connectivity index (χ4n) is 1.41. The SMILES string of the molecule is CC(C)(C)S(=O)N[C@@H](CC#C[Si](C)(C)C)c1ccco1. The quantitative estimate of drug-likeness (QED) is 0.681. The maximum Gasteiger partial charge on any atom is 0.129 e. The number of nitrogens with one attached hydrogen (secondary N) is 1. The molecule has 0 saturated heterocycles. The zero-order valence-corrected chi connectivity index (χ0v) is 15.1. The van der Waals surface area contributed by atoms with E-state index in [1.54, 1.807) is 6.26 Å². The van der Waals surface area contributed by atoms with Gasteiger partial charge in [-0.1, -0.05) is 19.6 Å². The Morgan fingerprint density at radius 2 is 2.05 bits per heavy atom. The van der Waals surface area contributed by atoms with Gasteiger partial charge >= 0.3 is 0 Å². The Morgan fingerprint density at radius 1 is 1.40 bits per heavy atom. The van der Waals surface area contributed by atoms with Crippen molar-refractivity contribution >= 4 is 19.1 Å². The maximum atomic E-state index is 12.2. The summed E-state index contributed by atoms with van der Waals surface area (Å²) in [6, 6.07) is 3.61. The van der Waals surface area contributed by atoms with E-state index in [1.807, 2.05) is 32.9 Å². The molecule has 5 heteroatoms. The van der Waals surface area contributed by atoms with Crippen LogP contribution in [0.1, 0.15) is 39.0 Å². The summed E-state index contributed by atoms with van der Waals surface area (Å²) < 4.78 is 20.5. The highest BCUT2D eigenvalue weighted by molar-refractivity contribution is 7.84. The Labute approximate surface area is 126 Å². The Morgan fingerprint density at radius 3 is 2.50 bits per heavy atom. The van der Waals surface area contributed by atoms with E-state index in [0.717, 1.165) is 5.76 Å². The van der Waals surface area contributed by atoms with Crippen LogP contribution in [0, 0.1) is 11.5 Å². The summed E-state index contributed by atoms with van der Waals surface area (Å²) in [5.41, 5.74) is 3.33. The molecule has 2 atom stereocenters. The molecule has 0 aliphatic carbocycles. The van der Waals surface area contributed by atoms with Gasteiger partial charge in [-0.3, -0.25) is 0 Å². The van der Waals surface area contributed by atoms with E-state index >= 15 is 0 Å². The molecule has 0 spiro atoms. The third-order valence-corrected chi connectivity index (χ3v) is 5.00. The lowest BCUT2D eigenvalue weighted by atomic mass is 10.2. The minimum Gasteiger partial charge on any atom is -0.468 e. The number of hydrogen-bond acceptors (Lipinski definition) is 2. The van der Waals surface area contributed by atoms with Crippen molar-refractivity contribution in [2.75, 3.05) is 0 Å². The van der Waals surface area contributed by atoms with Gasteiger partial charge in [0.25, 0.3) is 0 Å². The van der Waals surface area contributed by atoms with Crippen molar-refractivity contribution in [3.8, 4) is 11.5 Å². The number of furan rings is 1. The van der Waals surface area contributed by atoms with Gasteiger partial charge in [-0.25, -0.2) is 8.93 Å². The molecule has 0 aliphatic heterocycles. The van der Waals surface area contributed by atoms with E-state index in [-0.39, 0.29) is 10.8 Å². The van der Waals surface area contributed by atoms with E-state index in [1.165, 1.54) is 0 Å². The van der Waals surface area contributed by atoms with Crippen LogP contribution >= 0.6 is 0 Å². The first-order valence-corrected chi connectivity index (χ1v) is 11.5. The highest BCUT2D eigenvalue weighted by Crippen LogP contribution is 2.20. The van der Waals surface area contributed by atoms with Crippen molar-refractivity contribution in [3.63, 3.8) is 0 Å². The molecule has 0 saturated carbocycles. The predicted octanol–water partition coefficient (Wildman–Crippen LogP) is 3.64. The van der Waals surface area contributed by atoms with Crippen LogP contribution in [0.2, 0.25) is 19.6 Å². The normalized spacial score (nSPS) is 15.3. The van der Waals surface area contributed by atoms with Gasteiger partial charge in [0, 0.05) is 6.42 Å². The molecule has 112 valence electrons. The average Bonchev–Trinajstić information content (AvgIpc) is 2.77. The minimum absolute atomic E-state index is 0.131. The van der Waals surface area contributed by atoms with Crippen LogP contribution in [0.5, 0.6) is 0 Å². The molecular weight excluding hydrogens is 286 g/mol. The lowest BCUT2D eigenvalue weighted by Crippen LogP contribution is -2.35. The van der Waals surface area contributed by atoms with Crippen molar-refractivity contribution < 1.29 is 8.63 Å². The highest BCUT2D eigenvalue weighted by atomic mass is 32.2. The standard InChI is InChI=1S/C15H25NO2SSi/c1-15(2,3)19(17)16-13(14-10-7-11-18-14)9-8-12-20(4,5)6/h7,10-11,13,16H,9H2,1-6H3/t13-,19?/m0/s1. The Hall–Kier alpha value is -0.833. The molecular formula is C15H25NO2SSi. The fourth-order valence-corrected chi connectivity index (χ4v) is 2.86. The monoisotopic (exact) mass is 311 g/mol. The Balaban J connectivity index is 2.82. The second-order valence-corrected chi connectivity index (χ2v) is 13.6. The third kappa shape index (κ3) is 6.08. The van der Waals surface area contributed by atoms with Crippen LogP contribution in [0.25, 0.3) is 0 Å².